The molecule has 0 atom stereocenters. The van der Waals surface area contributed by atoms with E-state index in [2.05, 4.69) is 0 Å². The van der Waals surface area contributed by atoms with Crippen LogP contribution in [0.5, 0.6) is 0 Å². The third kappa shape index (κ3) is 8.56. The van der Waals surface area contributed by atoms with Crippen LogP contribution in [0.2, 0.25) is 0 Å². The zero-order valence-corrected chi connectivity index (χ0v) is 9.45. The first-order valence-electron chi connectivity index (χ1n) is 2.55. The molecule has 0 aliphatic heterocycles. The molecule has 0 aromatic rings. The van der Waals surface area contributed by atoms with Crippen LogP contribution in [-0.4, -0.2) is 41.3 Å². The molecule has 0 rings (SSSR count). The van der Waals surface area contributed by atoms with Gasteiger partial charge in [0.1, 0.15) is 5.60 Å². The van der Waals surface area contributed by atoms with Gasteiger partial charge in [0.2, 0.25) is 0 Å². The number of nitrogens with one attached hydrogen (secondary N) is 1. The van der Waals surface area contributed by atoms with E-state index in [-0.39, 0.29) is 29.6 Å². The monoisotopic (exact) mass is 174 g/mol. The molecule has 0 spiro atoms. The van der Waals surface area contributed by atoms with Crippen LogP contribution in [0.1, 0.15) is 20.8 Å². The fourth-order valence-corrected chi connectivity index (χ4v) is 0.336. The largest absolute Gasteiger partial charge is 0.443 e. The fraction of sp³-hybridized carbons (Fsp3) is 0.800. The molecule has 10 heavy (non-hydrogen) atoms. The molecule has 0 fully saturated rings. The number of rotatable bonds is 0. The van der Waals surface area contributed by atoms with Crippen LogP contribution in [0.4, 0.5) is 4.79 Å². The van der Waals surface area contributed by atoms with Gasteiger partial charge in [-0.2, -0.15) is 0 Å². The Kier molecular flexibility index (Phi) is 6.90. The van der Waals surface area contributed by atoms with Crippen LogP contribution >= 0.6 is 11.8 Å². The van der Waals surface area contributed by atoms with E-state index in [0.717, 1.165) is 0 Å². The van der Waals surface area contributed by atoms with E-state index in [1.807, 2.05) is 4.84 Å². The summed E-state index contributed by atoms with van der Waals surface area (Å²) in [6.45, 7) is 5.29. The molecule has 0 unspecified atom stereocenters. The minimum absolute atomic E-state index is 0. The van der Waals surface area contributed by atoms with Crippen molar-refractivity contribution in [3.05, 3.63) is 0 Å². The number of hydrogen-bond acceptors (Lipinski definition) is 2. The maximum absolute atomic E-state index is 10.4. The van der Waals surface area contributed by atoms with Gasteiger partial charge in [-0.3, -0.25) is 0 Å². The summed E-state index contributed by atoms with van der Waals surface area (Å²) in [5.41, 5.74) is -0.473. The molecule has 0 saturated carbocycles. The molecule has 0 bridgehead atoms. The first kappa shape index (κ1) is 13.2. The second kappa shape index (κ2) is 5.24. The first-order valence-corrected chi connectivity index (χ1v) is 2.93. The fourth-order valence-electron chi connectivity index (χ4n) is 0.297. The molecule has 0 saturated heterocycles. The number of carbonyl (C=O) groups excluding carboxylic acids is 1. The van der Waals surface area contributed by atoms with Gasteiger partial charge in [0.25, 0.3) is 0 Å². The number of carbonyl (C=O) groups is 1. The molecule has 0 aliphatic rings. The summed E-state index contributed by atoms with van der Waals surface area (Å²) in [6.07, 6.45) is -0.621. The minimum atomic E-state index is -0.621. The molecular formula is C5H10ClNNaO2. The van der Waals surface area contributed by atoms with Crippen LogP contribution < -0.4 is 4.84 Å². The second-order valence-electron chi connectivity index (χ2n) is 2.60. The molecule has 0 aromatic heterocycles. The van der Waals surface area contributed by atoms with Crippen molar-refractivity contribution in [2.75, 3.05) is 0 Å². The minimum Gasteiger partial charge on any atom is -0.443 e. The van der Waals surface area contributed by atoms with Crippen molar-refractivity contribution < 1.29 is 9.53 Å². The van der Waals surface area contributed by atoms with Gasteiger partial charge in [0.05, 0.1) is 0 Å². The Bertz CT molecular complexity index is 113. The van der Waals surface area contributed by atoms with Crippen molar-refractivity contribution in [1.82, 2.24) is 4.84 Å². The standard InChI is InChI=1S/C5H10ClNO2.Na/c1-5(2,3)9-4(8)7-6;/h1-3H3,(H,7,8);. The van der Waals surface area contributed by atoms with E-state index in [9.17, 15) is 4.79 Å². The molecule has 0 heterocycles. The van der Waals surface area contributed by atoms with E-state index in [1.54, 1.807) is 20.8 Å². The Balaban J connectivity index is 0. The SMILES string of the molecule is CC(C)(C)OC(=O)NCl.[Na]. The molecule has 1 radical (unpaired) electrons. The molecular weight excluding hydrogens is 165 g/mol. The van der Waals surface area contributed by atoms with Crippen LogP contribution in [0.3, 0.4) is 0 Å². The zero-order chi connectivity index (χ0) is 7.49. The normalized spacial score (nSPS) is 9.60. The molecule has 0 aliphatic carbocycles. The van der Waals surface area contributed by atoms with Crippen molar-refractivity contribution in [2.45, 2.75) is 26.4 Å². The van der Waals surface area contributed by atoms with Crippen molar-refractivity contribution in [1.29, 1.82) is 0 Å². The van der Waals surface area contributed by atoms with Crippen LogP contribution in [0.15, 0.2) is 0 Å². The number of ether oxygens (including phenoxy) is 1. The summed E-state index contributed by atoms with van der Waals surface area (Å²) in [5, 5.41) is 0. The maximum Gasteiger partial charge on any atom is 0.422 e. The van der Waals surface area contributed by atoms with Crippen LogP contribution in [0.25, 0.3) is 0 Å². The van der Waals surface area contributed by atoms with E-state index in [4.69, 9.17) is 16.5 Å². The molecule has 3 nitrogen and oxygen atoms in total. The van der Waals surface area contributed by atoms with Gasteiger partial charge in [-0.25, -0.2) is 9.63 Å². The maximum atomic E-state index is 10.4. The summed E-state index contributed by atoms with van der Waals surface area (Å²) < 4.78 is 4.70. The average Bonchev–Trinajstić information content (AvgIpc) is 1.62. The zero-order valence-electron chi connectivity index (χ0n) is 6.69. The van der Waals surface area contributed by atoms with E-state index in [0.29, 0.717) is 0 Å². The Hall–Kier alpha value is 0.560. The summed E-state index contributed by atoms with van der Waals surface area (Å²) in [5.74, 6) is 0. The van der Waals surface area contributed by atoms with Gasteiger partial charge in [-0.15, -0.1) is 0 Å². The third-order valence-electron chi connectivity index (χ3n) is 0.476. The van der Waals surface area contributed by atoms with E-state index in [1.165, 1.54) is 0 Å². The molecule has 0 aromatic carbocycles. The summed E-state index contributed by atoms with van der Waals surface area (Å²) in [4.78, 5) is 12.2. The first-order chi connectivity index (χ1) is 3.95. The summed E-state index contributed by atoms with van der Waals surface area (Å²) >= 11 is 4.93. The third-order valence-corrected chi connectivity index (χ3v) is 0.630. The Morgan fingerprint density at radius 1 is 1.50 bits per heavy atom. The van der Waals surface area contributed by atoms with Gasteiger partial charge >= 0.3 is 6.09 Å². The van der Waals surface area contributed by atoms with Gasteiger partial charge in [0.15, 0.2) is 0 Å². The van der Waals surface area contributed by atoms with Crippen molar-refractivity contribution in [2.24, 2.45) is 0 Å². The molecule has 1 N–H and O–H groups in total. The van der Waals surface area contributed by atoms with Crippen molar-refractivity contribution in [3.8, 4) is 0 Å². The predicted molar refractivity (Wildman–Crippen MR) is 41.0 cm³/mol. The number of amides is 1. The van der Waals surface area contributed by atoms with Gasteiger partial charge in [-0.1, -0.05) is 0 Å². The van der Waals surface area contributed by atoms with Crippen molar-refractivity contribution >= 4 is 47.4 Å². The molecule has 1 amide bonds. The smallest absolute Gasteiger partial charge is 0.422 e. The average molecular weight is 175 g/mol. The Labute approximate surface area is 87.9 Å². The quantitative estimate of drug-likeness (QED) is 0.444. The second-order valence-corrected chi connectivity index (χ2v) is 2.79. The van der Waals surface area contributed by atoms with Gasteiger partial charge < -0.3 is 4.74 Å². The summed E-state index contributed by atoms with van der Waals surface area (Å²) in [6, 6.07) is 0. The van der Waals surface area contributed by atoms with Gasteiger partial charge in [-0.05, 0) is 20.8 Å². The topological polar surface area (TPSA) is 38.3 Å². The van der Waals surface area contributed by atoms with Gasteiger partial charge in [0, 0.05) is 41.3 Å². The Morgan fingerprint density at radius 3 is 2.00 bits per heavy atom. The van der Waals surface area contributed by atoms with E-state index < -0.39 is 11.7 Å². The molecule has 55 valence electrons. The summed E-state index contributed by atoms with van der Waals surface area (Å²) in [7, 11) is 0. The van der Waals surface area contributed by atoms with E-state index >= 15 is 0 Å². The molecule has 5 heteroatoms. The predicted octanol–water partition coefficient (Wildman–Crippen LogP) is 1.28. The van der Waals surface area contributed by atoms with Crippen LogP contribution in [-0.2, 0) is 4.74 Å². The Morgan fingerprint density at radius 2 is 1.90 bits per heavy atom. The van der Waals surface area contributed by atoms with Crippen molar-refractivity contribution in [3.63, 3.8) is 0 Å². The number of halogens is 1. The van der Waals surface area contributed by atoms with Crippen LogP contribution in [0, 0.1) is 0 Å². The number of hydrogen-bond donors (Lipinski definition) is 1.